The van der Waals surface area contributed by atoms with Gasteiger partial charge in [0.2, 0.25) is 0 Å². The standard InChI is InChI=1S/C20H17BrN4O5/c21-17-10-16(25(28)29)7-8-18(17)23-19(26)13-30-20(27)9-6-14-11-22-24(12-14)15-4-2-1-3-5-15/h1-5,7-8,10-12H,6,9,13H2,(H,23,26). The van der Waals surface area contributed by atoms with E-state index in [2.05, 4.69) is 26.3 Å². The maximum Gasteiger partial charge on any atom is 0.306 e. The number of aryl methyl sites for hydroxylation is 1. The second-order valence-corrected chi connectivity index (χ2v) is 7.11. The van der Waals surface area contributed by atoms with Crippen LogP contribution in [0.3, 0.4) is 0 Å². The fourth-order valence-electron chi connectivity index (χ4n) is 2.58. The van der Waals surface area contributed by atoms with Crippen LogP contribution in [0.25, 0.3) is 5.69 Å². The minimum atomic E-state index is -0.546. The molecule has 0 saturated heterocycles. The van der Waals surface area contributed by atoms with E-state index in [-0.39, 0.29) is 12.1 Å². The molecule has 1 heterocycles. The minimum absolute atomic E-state index is 0.106. The average Bonchev–Trinajstić information content (AvgIpc) is 3.22. The van der Waals surface area contributed by atoms with Crippen molar-refractivity contribution in [2.24, 2.45) is 0 Å². The van der Waals surface area contributed by atoms with E-state index in [9.17, 15) is 19.7 Å². The molecule has 2 aromatic carbocycles. The second kappa shape index (κ2) is 9.79. The summed E-state index contributed by atoms with van der Waals surface area (Å²) in [6, 6.07) is 13.5. The minimum Gasteiger partial charge on any atom is -0.456 e. The molecule has 0 bridgehead atoms. The monoisotopic (exact) mass is 472 g/mol. The maximum atomic E-state index is 12.0. The van der Waals surface area contributed by atoms with E-state index >= 15 is 0 Å². The number of hydrogen-bond acceptors (Lipinski definition) is 6. The van der Waals surface area contributed by atoms with Gasteiger partial charge in [0.1, 0.15) is 0 Å². The van der Waals surface area contributed by atoms with Crippen molar-refractivity contribution in [2.45, 2.75) is 12.8 Å². The van der Waals surface area contributed by atoms with Crippen LogP contribution < -0.4 is 5.32 Å². The van der Waals surface area contributed by atoms with Gasteiger partial charge in [0.15, 0.2) is 6.61 Å². The SMILES string of the molecule is O=C(COC(=O)CCc1cnn(-c2ccccc2)c1)Nc1ccc([N+](=O)[O-])cc1Br. The van der Waals surface area contributed by atoms with Gasteiger partial charge in [-0.3, -0.25) is 19.7 Å². The molecule has 0 saturated carbocycles. The Labute approximate surface area is 179 Å². The number of nitro benzene ring substituents is 1. The summed E-state index contributed by atoms with van der Waals surface area (Å²) in [6.45, 7) is -0.453. The van der Waals surface area contributed by atoms with Crippen LogP contribution in [-0.4, -0.2) is 33.2 Å². The number of rotatable bonds is 8. The zero-order valence-corrected chi connectivity index (χ0v) is 17.2. The first-order valence-corrected chi connectivity index (χ1v) is 9.70. The Morgan fingerprint density at radius 2 is 1.97 bits per heavy atom. The van der Waals surface area contributed by atoms with Crippen LogP contribution in [0.4, 0.5) is 11.4 Å². The van der Waals surface area contributed by atoms with Crippen molar-refractivity contribution in [3.05, 3.63) is 81.1 Å². The van der Waals surface area contributed by atoms with Gasteiger partial charge < -0.3 is 10.1 Å². The van der Waals surface area contributed by atoms with Gasteiger partial charge in [-0.2, -0.15) is 5.10 Å². The highest BCUT2D eigenvalue weighted by Crippen LogP contribution is 2.27. The zero-order chi connectivity index (χ0) is 21.5. The predicted molar refractivity (Wildman–Crippen MR) is 112 cm³/mol. The van der Waals surface area contributed by atoms with Gasteiger partial charge in [0.05, 0.1) is 22.5 Å². The normalized spacial score (nSPS) is 10.4. The molecule has 0 aliphatic rings. The number of carbonyl (C=O) groups is 2. The number of amides is 1. The van der Waals surface area contributed by atoms with E-state index < -0.39 is 23.4 Å². The van der Waals surface area contributed by atoms with Gasteiger partial charge >= 0.3 is 5.97 Å². The van der Waals surface area contributed by atoms with Crippen LogP contribution in [0.5, 0.6) is 0 Å². The lowest BCUT2D eigenvalue weighted by molar-refractivity contribution is -0.384. The quantitative estimate of drug-likeness (QED) is 0.303. The number of hydrogen-bond donors (Lipinski definition) is 1. The van der Waals surface area contributed by atoms with Crippen molar-refractivity contribution in [3.8, 4) is 5.69 Å². The summed E-state index contributed by atoms with van der Waals surface area (Å²) in [5.74, 6) is -1.06. The molecule has 0 spiro atoms. The van der Waals surface area contributed by atoms with E-state index in [1.807, 2.05) is 36.5 Å². The summed E-state index contributed by atoms with van der Waals surface area (Å²) < 4.78 is 7.06. The molecule has 0 atom stereocenters. The van der Waals surface area contributed by atoms with Gasteiger partial charge in [-0.25, -0.2) is 4.68 Å². The molecule has 9 nitrogen and oxygen atoms in total. The van der Waals surface area contributed by atoms with Crippen molar-refractivity contribution in [3.63, 3.8) is 0 Å². The number of anilines is 1. The molecule has 0 aliphatic carbocycles. The number of para-hydroxylation sites is 1. The molecule has 1 N–H and O–H groups in total. The van der Waals surface area contributed by atoms with Crippen molar-refractivity contribution in [2.75, 3.05) is 11.9 Å². The lowest BCUT2D eigenvalue weighted by Gasteiger charge is -2.08. The van der Waals surface area contributed by atoms with E-state index in [0.29, 0.717) is 16.6 Å². The zero-order valence-electron chi connectivity index (χ0n) is 15.7. The molecule has 0 fully saturated rings. The summed E-state index contributed by atoms with van der Waals surface area (Å²) >= 11 is 3.16. The van der Waals surface area contributed by atoms with Crippen molar-refractivity contribution >= 4 is 39.2 Å². The fourth-order valence-corrected chi connectivity index (χ4v) is 3.05. The number of nitro groups is 1. The number of non-ortho nitro benzene ring substituents is 1. The topological polar surface area (TPSA) is 116 Å². The molecular weight excluding hydrogens is 456 g/mol. The molecular formula is C20H17BrN4O5. The lowest BCUT2D eigenvalue weighted by Crippen LogP contribution is -2.21. The third kappa shape index (κ3) is 5.74. The Morgan fingerprint density at radius 3 is 2.67 bits per heavy atom. The fraction of sp³-hybridized carbons (Fsp3) is 0.150. The largest absolute Gasteiger partial charge is 0.456 e. The summed E-state index contributed by atoms with van der Waals surface area (Å²) in [7, 11) is 0. The number of esters is 1. The van der Waals surface area contributed by atoms with Gasteiger partial charge in [-0.15, -0.1) is 0 Å². The lowest BCUT2D eigenvalue weighted by atomic mass is 10.2. The molecule has 3 aromatic rings. The highest BCUT2D eigenvalue weighted by atomic mass is 79.9. The van der Waals surface area contributed by atoms with Crippen LogP contribution in [0.2, 0.25) is 0 Å². The number of carbonyl (C=O) groups excluding carboxylic acids is 2. The number of nitrogens with one attached hydrogen (secondary N) is 1. The summed E-state index contributed by atoms with van der Waals surface area (Å²) in [5.41, 5.74) is 2.02. The molecule has 1 amide bonds. The first-order valence-electron chi connectivity index (χ1n) is 8.91. The van der Waals surface area contributed by atoms with E-state index in [0.717, 1.165) is 11.3 Å². The number of halogens is 1. The molecule has 0 radical (unpaired) electrons. The molecule has 3 rings (SSSR count). The van der Waals surface area contributed by atoms with Gasteiger partial charge in [-0.05, 0) is 46.1 Å². The molecule has 0 unspecified atom stereocenters. The molecule has 154 valence electrons. The van der Waals surface area contributed by atoms with Crippen molar-refractivity contribution in [1.82, 2.24) is 9.78 Å². The smallest absolute Gasteiger partial charge is 0.306 e. The molecule has 10 heteroatoms. The molecule has 30 heavy (non-hydrogen) atoms. The number of aromatic nitrogens is 2. The Kier molecular flexibility index (Phi) is 6.91. The first kappa shape index (κ1) is 21.2. The Balaban J connectivity index is 1.44. The van der Waals surface area contributed by atoms with Crippen LogP contribution in [-0.2, 0) is 20.7 Å². The van der Waals surface area contributed by atoms with Crippen LogP contribution in [0.15, 0.2) is 65.4 Å². The average molecular weight is 473 g/mol. The predicted octanol–water partition coefficient (Wildman–Crippen LogP) is 3.66. The van der Waals surface area contributed by atoms with Crippen LogP contribution in [0, 0.1) is 10.1 Å². The van der Waals surface area contributed by atoms with Crippen molar-refractivity contribution in [1.29, 1.82) is 0 Å². The molecule has 1 aromatic heterocycles. The van der Waals surface area contributed by atoms with Gasteiger partial charge in [0.25, 0.3) is 11.6 Å². The molecule has 0 aliphatic heterocycles. The third-order valence-corrected chi connectivity index (χ3v) is 4.73. The summed E-state index contributed by atoms with van der Waals surface area (Å²) in [5, 5.41) is 17.5. The highest BCUT2D eigenvalue weighted by molar-refractivity contribution is 9.10. The Hall–Kier alpha value is -3.53. The Bertz CT molecular complexity index is 1070. The maximum absolute atomic E-state index is 12.0. The second-order valence-electron chi connectivity index (χ2n) is 6.26. The van der Waals surface area contributed by atoms with Gasteiger partial charge in [0, 0.05) is 29.2 Å². The number of nitrogens with zero attached hydrogens (tertiary/aromatic N) is 3. The summed E-state index contributed by atoms with van der Waals surface area (Å²) in [6.07, 6.45) is 4.05. The van der Waals surface area contributed by atoms with Crippen LogP contribution >= 0.6 is 15.9 Å². The highest BCUT2D eigenvalue weighted by Gasteiger charge is 2.13. The van der Waals surface area contributed by atoms with Crippen LogP contribution in [0.1, 0.15) is 12.0 Å². The Morgan fingerprint density at radius 1 is 1.20 bits per heavy atom. The summed E-state index contributed by atoms with van der Waals surface area (Å²) in [4.78, 5) is 34.1. The van der Waals surface area contributed by atoms with E-state index in [1.54, 1.807) is 10.9 Å². The number of benzene rings is 2. The third-order valence-electron chi connectivity index (χ3n) is 4.08. The van der Waals surface area contributed by atoms with E-state index in [4.69, 9.17) is 4.74 Å². The van der Waals surface area contributed by atoms with E-state index in [1.165, 1.54) is 18.2 Å². The van der Waals surface area contributed by atoms with Gasteiger partial charge in [-0.1, -0.05) is 18.2 Å². The number of ether oxygens (including phenoxy) is 1. The van der Waals surface area contributed by atoms with Crippen molar-refractivity contribution < 1.29 is 19.2 Å². The first-order chi connectivity index (χ1) is 14.4.